The van der Waals surface area contributed by atoms with Crippen LogP contribution in [0.1, 0.15) is 13.8 Å². The molecule has 0 aromatic heterocycles. The fourth-order valence-corrected chi connectivity index (χ4v) is 1.46. The monoisotopic (exact) mass is 283 g/mol. The largest absolute Gasteiger partial charge is 0.480 e. The zero-order valence-corrected chi connectivity index (χ0v) is 10.6. The molecule has 1 N–H and O–H groups in total. The third kappa shape index (κ3) is 6.12. The van der Waals surface area contributed by atoms with E-state index in [9.17, 15) is 22.8 Å². The van der Waals surface area contributed by atoms with E-state index < -0.39 is 36.7 Å². The summed E-state index contributed by atoms with van der Waals surface area (Å²) in [5.74, 6) is -2.22. The van der Waals surface area contributed by atoms with Crippen molar-refractivity contribution in [3.63, 3.8) is 0 Å². The van der Waals surface area contributed by atoms with Crippen LogP contribution in [0, 0.1) is 5.92 Å². The lowest BCUT2D eigenvalue weighted by Crippen LogP contribution is -2.51. The maximum Gasteiger partial charge on any atom is 0.411 e. The van der Waals surface area contributed by atoms with Crippen molar-refractivity contribution in [3.05, 3.63) is 12.7 Å². The van der Waals surface area contributed by atoms with Gasteiger partial charge in [0.25, 0.3) is 0 Å². The molecule has 0 heterocycles. The van der Waals surface area contributed by atoms with Gasteiger partial charge in [-0.15, -0.1) is 0 Å². The van der Waals surface area contributed by atoms with Gasteiger partial charge in [-0.2, -0.15) is 13.2 Å². The van der Waals surface area contributed by atoms with Gasteiger partial charge in [-0.3, -0.25) is 4.90 Å². The lowest BCUT2D eigenvalue weighted by atomic mass is 10.0. The van der Waals surface area contributed by atoms with Gasteiger partial charge in [0, 0.05) is 0 Å². The van der Waals surface area contributed by atoms with Gasteiger partial charge in [0.2, 0.25) is 0 Å². The highest BCUT2D eigenvalue weighted by Gasteiger charge is 2.41. The Kier molecular flexibility index (Phi) is 6.37. The maximum atomic E-state index is 12.4. The van der Waals surface area contributed by atoms with Crippen LogP contribution in [0.4, 0.5) is 18.0 Å². The van der Waals surface area contributed by atoms with E-state index in [0.29, 0.717) is 0 Å². The third-order valence-corrected chi connectivity index (χ3v) is 2.13. The molecule has 1 atom stereocenters. The Hall–Kier alpha value is -1.73. The summed E-state index contributed by atoms with van der Waals surface area (Å²) in [6.45, 7) is 4.08. The smallest absolute Gasteiger partial charge is 0.411 e. The summed E-state index contributed by atoms with van der Waals surface area (Å²) in [6.07, 6.45) is -4.87. The Morgan fingerprint density at radius 3 is 2.26 bits per heavy atom. The molecule has 0 aliphatic heterocycles. The van der Waals surface area contributed by atoms with Crippen molar-refractivity contribution in [2.75, 3.05) is 13.2 Å². The number of nitrogens with zero attached hydrogens (tertiary/aromatic N) is 1. The lowest BCUT2D eigenvalue weighted by molar-refractivity contribution is -0.160. The van der Waals surface area contributed by atoms with Crippen LogP contribution in [0.15, 0.2) is 12.7 Å². The molecule has 5 nitrogen and oxygen atoms in total. The number of carboxylic acids is 1. The van der Waals surface area contributed by atoms with E-state index in [1.165, 1.54) is 19.9 Å². The van der Waals surface area contributed by atoms with Crippen molar-refractivity contribution < 1.29 is 32.6 Å². The number of carbonyl (C=O) groups is 2. The minimum Gasteiger partial charge on any atom is -0.480 e. The third-order valence-electron chi connectivity index (χ3n) is 2.13. The number of aliphatic carboxylic acids is 1. The summed E-state index contributed by atoms with van der Waals surface area (Å²) in [4.78, 5) is 22.7. The SMILES string of the molecule is C=CCOC(=O)N(CC(F)(F)F)C(C(=O)O)C(C)C. The molecule has 0 saturated carbocycles. The average Bonchev–Trinajstić information content (AvgIpc) is 2.21. The van der Waals surface area contributed by atoms with Gasteiger partial charge in [-0.25, -0.2) is 9.59 Å². The molecule has 0 radical (unpaired) electrons. The number of hydrogen-bond donors (Lipinski definition) is 1. The number of ether oxygens (including phenoxy) is 1. The molecule has 0 aromatic carbocycles. The quantitative estimate of drug-likeness (QED) is 0.759. The second kappa shape index (κ2) is 7.01. The molecule has 0 bridgehead atoms. The Morgan fingerprint density at radius 1 is 1.42 bits per heavy atom. The first-order valence-corrected chi connectivity index (χ1v) is 5.44. The van der Waals surface area contributed by atoms with Crippen LogP contribution < -0.4 is 0 Å². The predicted molar refractivity (Wildman–Crippen MR) is 60.6 cm³/mol. The number of carbonyl (C=O) groups excluding carboxylic acids is 1. The Labute approximate surface area is 108 Å². The summed E-state index contributed by atoms with van der Waals surface area (Å²) in [7, 11) is 0. The van der Waals surface area contributed by atoms with E-state index in [1.807, 2.05) is 0 Å². The number of amides is 1. The van der Waals surface area contributed by atoms with Crippen LogP contribution in [0.5, 0.6) is 0 Å². The Balaban J connectivity index is 5.17. The molecule has 0 aliphatic rings. The fourth-order valence-electron chi connectivity index (χ4n) is 1.46. The summed E-state index contributed by atoms with van der Waals surface area (Å²) in [6, 6.07) is -1.61. The van der Waals surface area contributed by atoms with Crippen LogP contribution in [0.2, 0.25) is 0 Å². The molecule has 0 spiro atoms. The molecule has 0 fully saturated rings. The van der Waals surface area contributed by atoms with Crippen molar-refractivity contribution in [2.24, 2.45) is 5.92 Å². The zero-order valence-electron chi connectivity index (χ0n) is 10.6. The molecule has 1 amide bonds. The molecule has 0 aliphatic carbocycles. The first-order chi connectivity index (χ1) is 8.60. The summed E-state index contributed by atoms with van der Waals surface area (Å²) >= 11 is 0. The standard InChI is InChI=1S/C11H16F3NO4/c1-4-5-19-10(18)15(6-11(12,13)14)8(7(2)3)9(16)17/h4,7-8H,1,5-6H2,2-3H3,(H,16,17). The summed E-state index contributed by atoms with van der Waals surface area (Å²) < 4.78 is 41.7. The normalized spacial score (nSPS) is 12.9. The molecule has 19 heavy (non-hydrogen) atoms. The van der Waals surface area contributed by atoms with Crippen LogP contribution in [0.25, 0.3) is 0 Å². The van der Waals surface area contributed by atoms with Crippen molar-refractivity contribution in [2.45, 2.75) is 26.1 Å². The molecule has 0 rings (SSSR count). The molecule has 110 valence electrons. The Bertz CT molecular complexity index is 341. The van der Waals surface area contributed by atoms with Crippen LogP contribution in [0.3, 0.4) is 0 Å². The second-order valence-electron chi connectivity index (χ2n) is 4.14. The van der Waals surface area contributed by atoms with E-state index >= 15 is 0 Å². The number of alkyl halides is 3. The molecule has 0 aromatic rings. The fraction of sp³-hybridized carbons (Fsp3) is 0.636. The van der Waals surface area contributed by atoms with Crippen LogP contribution in [-0.4, -0.2) is 47.4 Å². The first-order valence-electron chi connectivity index (χ1n) is 5.44. The minimum atomic E-state index is -4.71. The molecule has 8 heteroatoms. The van der Waals surface area contributed by atoms with Gasteiger partial charge in [0.15, 0.2) is 0 Å². The van der Waals surface area contributed by atoms with Crippen molar-refractivity contribution >= 4 is 12.1 Å². The van der Waals surface area contributed by atoms with Crippen LogP contribution >= 0.6 is 0 Å². The van der Waals surface area contributed by atoms with Gasteiger partial charge in [0.1, 0.15) is 19.2 Å². The van der Waals surface area contributed by atoms with Crippen molar-refractivity contribution in [3.8, 4) is 0 Å². The van der Waals surface area contributed by atoms with Gasteiger partial charge in [-0.05, 0) is 5.92 Å². The topological polar surface area (TPSA) is 66.8 Å². The van der Waals surface area contributed by atoms with Gasteiger partial charge >= 0.3 is 18.2 Å². The van der Waals surface area contributed by atoms with Crippen molar-refractivity contribution in [1.29, 1.82) is 0 Å². The van der Waals surface area contributed by atoms with E-state index in [0.717, 1.165) is 0 Å². The van der Waals surface area contributed by atoms with Crippen molar-refractivity contribution in [1.82, 2.24) is 4.90 Å². The Morgan fingerprint density at radius 2 is 1.95 bits per heavy atom. The number of rotatable bonds is 6. The number of carboxylic acid groups (broad SMARTS) is 1. The predicted octanol–water partition coefficient (Wildman–Crippen LogP) is 2.28. The van der Waals surface area contributed by atoms with Crippen LogP contribution in [-0.2, 0) is 9.53 Å². The molecular formula is C11H16F3NO4. The van der Waals surface area contributed by atoms with Gasteiger partial charge in [-0.1, -0.05) is 26.5 Å². The van der Waals surface area contributed by atoms with E-state index in [2.05, 4.69) is 11.3 Å². The van der Waals surface area contributed by atoms with E-state index in [-0.39, 0.29) is 11.5 Å². The molecular weight excluding hydrogens is 267 g/mol. The molecule has 0 saturated heterocycles. The highest BCUT2D eigenvalue weighted by molar-refractivity contribution is 5.80. The lowest BCUT2D eigenvalue weighted by Gasteiger charge is -2.31. The van der Waals surface area contributed by atoms with E-state index in [1.54, 1.807) is 0 Å². The minimum absolute atomic E-state index is 0.163. The highest BCUT2D eigenvalue weighted by atomic mass is 19.4. The zero-order chi connectivity index (χ0) is 15.2. The average molecular weight is 283 g/mol. The summed E-state index contributed by atoms with van der Waals surface area (Å²) in [5, 5.41) is 8.95. The maximum absolute atomic E-state index is 12.4. The summed E-state index contributed by atoms with van der Waals surface area (Å²) in [5.41, 5.74) is 0. The molecule has 1 unspecified atom stereocenters. The van der Waals surface area contributed by atoms with E-state index in [4.69, 9.17) is 5.11 Å². The second-order valence-corrected chi connectivity index (χ2v) is 4.14. The highest BCUT2D eigenvalue weighted by Crippen LogP contribution is 2.21. The number of halogens is 3. The van der Waals surface area contributed by atoms with Gasteiger partial charge < -0.3 is 9.84 Å². The van der Waals surface area contributed by atoms with Gasteiger partial charge in [0.05, 0.1) is 0 Å². The first kappa shape index (κ1) is 17.3. The number of hydrogen-bond acceptors (Lipinski definition) is 3.